The first-order valence-corrected chi connectivity index (χ1v) is 10.7. The van der Waals surface area contributed by atoms with Gasteiger partial charge in [0.15, 0.2) is 0 Å². The van der Waals surface area contributed by atoms with Gasteiger partial charge < -0.3 is 15.5 Å². The van der Waals surface area contributed by atoms with E-state index in [1.807, 2.05) is 68.1 Å². The Hall–Kier alpha value is -2.86. The first kappa shape index (κ1) is 21.8. The molecule has 1 saturated heterocycles. The van der Waals surface area contributed by atoms with E-state index in [0.717, 1.165) is 43.0 Å². The minimum absolute atomic E-state index is 0.168. The van der Waals surface area contributed by atoms with Crippen molar-refractivity contribution in [2.24, 2.45) is 5.73 Å². The van der Waals surface area contributed by atoms with Gasteiger partial charge in [-0.05, 0) is 50.1 Å². The van der Waals surface area contributed by atoms with Gasteiger partial charge in [-0.1, -0.05) is 30.3 Å². The average molecular weight is 409 g/mol. The molecule has 2 N–H and O–H groups in total. The number of hydrogen-bond acceptors (Lipinski definition) is 4. The zero-order valence-electron chi connectivity index (χ0n) is 18.2. The molecule has 0 bridgehead atoms. The highest BCUT2D eigenvalue weighted by molar-refractivity contribution is 5.93. The number of rotatable bonds is 7. The number of benzene rings is 2. The summed E-state index contributed by atoms with van der Waals surface area (Å²) in [5.74, 6) is -0.239. The van der Waals surface area contributed by atoms with Crippen LogP contribution < -0.4 is 10.6 Å². The third-order valence-corrected chi connectivity index (χ3v) is 5.93. The first-order valence-electron chi connectivity index (χ1n) is 10.7. The van der Waals surface area contributed by atoms with E-state index in [4.69, 9.17) is 5.73 Å². The molecule has 1 fully saturated rings. The molecule has 1 aliphatic heterocycles. The number of primary amides is 1. The third kappa shape index (κ3) is 4.65. The predicted octanol–water partition coefficient (Wildman–Crippen LogP) is 2.83. The minimum atomic E-state index is -0.407. The highest BCUT2D eigenvalue weighted by Crippen LogP contribution is 2.28. The van der Waals surface area contributed by atoms with Crippen LogP contribution in [0.2, 0.25) is 0 Å². The van der Waals surface area contributed by atoms with E-state index in [-0.39, 0.29) is 11.9 Å². The summed E-state index contributed by atoms with van der Waals surface area (Å²) in [6, 6.07) is 15.4. The van der Waals surface area contributed by atoms with Crippen LogP contribution >= 0.6 is 0 Å². The number of carbonyl (C=O) groups is 2. The van der Waals surface area contributed by atoms with Gasteiger partial charge in [-0.25, -0.2) is 0 Å². The van der Waals surface area contributed by atoms with Gasteiger partial charge in [0.1, 0.15) is 6.04 Å². The molecular formula is C24H32N4O2. The van der Waals surface area contributed by atoms with E-state index >= 15 is 0 Å². The van der Waals surface area contributed by atoms with E-state index in [2.05, 4.69) is 9.80 Å². The van der Waals surface area contributed by atoms with Crippen molar-refractivity contribution < 1.29 is 9.59 Å². The summed E-state index contributed by atoms with van der Waals surface area (Å²) in [5.41, 5.74) is 9.13. The van der Waals surface area contributed by atoms with Crippen LogP contribution in [0.25, 0.3) is 0 Å². The fraction of sp³-hybridized carbons (Fsp3) is 0.417. The van der Waals surface area contributed by atoms with Crippen LogP contribution in [-0.2, 0) is 4.79 Å². The molecule has 2 aromatic rings. The molecular weight excluding hydrogens is 376 g/mol. The molecule has 0 aromatic heterocycles. The van der Waals surface area contributed by atoms with Crippen LogP contribution in [0.1, 0.15) is 41.4 Å². The minimum Gasteiger partial charge on any atom is -0.369 e. The zero-order valence-corrected chi connectivity index (χ0v) is 18.2. The Balaban J connectivity index is 1.78. The Labute approximate surface area is 179 Å². The van der Waals surface area contributed by atoms with Crippen LogP contribution in [0, 0.1) is 6.92 Å². The molecule has 160 valence electrons. The molecule has 1 aliphatic rings. The number of anilines is 1. The summed E-state index contributed by atoms with van der Waals surface area (Å²) in [4.78, 5) is 31.3. The summed E-state index contributed by atoms with van der Waals surface area (Å²) in [6.45, 7) is 10.7. The van der Waals surface area contributed by atoms with Gasteiger partial charge in [0.2, 0.25) is 11.8 Å². The topological polar surface area (TPSA) is 69.9 Å². The molecule has 2 aromatic carbocycles. The van der Waals surface area contributed by atoms with Crippen molar-refractivity contribution in [2.75, 3.05) is 44.2 Å². The SMILES string of the molecule is CCN(CC)C(=O)C(c1ccccc1)N1CCN(c2ccc(C(N)=O)cc2C)CC1. The van der Waals surface area contributed by atoms with Crippen molar-refractivity contribution in [3.05, 3.63) is 65.2 Å². The van der Waals surface area contributed by atoms with Crippen molar-refractivity contribution in [1.82, 2.24) is 9.80 Å². The smallest absolute Gasteiger partial charge is 0.248 e. The summed E-state index contributed by atoms with van der Waals surface area (Å²) in [5, 5.41) is 0. The number of hydrogen-bond donors (Lipinski definition) is 1. The Bertz CT molecular complexity index is 872. The van der Waals surface area contributed by atoms with Crippen molar-refractivity contribution in [3.8, 4) is 0 Å². The molecule has 2 amide bonds. The maximum Gasteiger partial charge on any atom is 0.248 e. The fourth-order valence-electron chi connectivity index (χ4n) is 4.24. The Morgan fingerprint density at radius 3 is 2.17 bits per heavy atom. The second-order valence-electron chi connectivity index (χ2n) is 7.71. The van der Waals surface area contributed by atoms with E-state index in [1.165, 1.54) is 0 Å². The number of carbonyl (C=O) groups excluding carboxylic acids is 2. The zero-order chi connectivity index (χ0) is 21.7. The normalized spacial score (nSPS) is 15.6. The molecule has 0 aliphatic carbocycles. The van der Waals surface area contributed by atoms with Crippen molar-refractivity contribution >= 4 is 17.5 Å². The second kappa shape index (κ2) is 9.76. The second-order valence-corrected chi connectivity index (χ2v) is 7.71. The summed E-state index contributed by atoms with van der Waals surface area (Å²) < 4.78 is 0. The predicted molar refractivity (Wildman–Crippen MR) is 121 cm³/mol. The largest absolute Gasteiger partial charge is 0.369 e. The molecule has 1 unspecified atom stereocenters. The third-order valence-electron chi connectivity index (χ3n) is 5.93. The van der Waals surface area contributed by atoms with E-state index < -0.39 is 5.91 Å². The number of likely N-dealkylation sites (N-methyl/N-ethyl adjacent to an activating group) is 1. The molecule has 0 radical (unpaired) electrons. The first-order chi connectivity index (χ1) is 14.5. The number of nitrogens with two attached hydrogens (primary N) is 1. The quantitative estimate of drug-likeness (QED) is 0.765. The lowest BCUT2D eigenvalue weighted by atomic mass is 10.0. The molecule has 0 saturated carbocycles. The maximum absolute atomic E-state index is 13.3. The van der Waals surface area contributed by atoms with Crippen molar-refractivity contribution in [1.29, 1.82) is 0 Å². The highest BCUT2D eigenvalue weighted by Gasteiger charge is 2.32. The number of nitrogens with zero attached hydrogens (tertiary/aromatic N) is 3. The van der Waals surface area contributed by atoms with Crippen molar-refractivity contribution in [3.63, 3.8) is 0 Å². The van der Waals surface area contributed by atoms with Gasteiger partial charge in [-0.15, -0.1) is 0 Å². The molecule has 6 heteroatoms. The Kier molecular flexibility index (Phi) is 7.11. The van der Waals surface area contributed by atoms with Gasteiger partial charge >= 0.3 is 0 Å². The summed E-state index contributed by atoms with van der Waals surface area (Å²) in [7, 11) is 0. The monoisotopic (exact) mass is 408 g/mol. The lowest BCUT2D eigenvalue weighted by Crippen LogP contribution is -2.51. The van der Waals surface area contributed by atoms with Gasteiger partial charge in [0, 0.05) is 50.5 Å². The Morgan fingerprint density at radius 1 is 1.00 bits per heavy atom. The van der Waals surface area contributed by atoms with Gasteiger partial charge in [-0.3, -0.25) is 14.5 Å². The standard InChI is InChI=1S/C24H32N4O2/c1-4-26(5-2)24(30)22(19-9-7-6-8-10-19)28-15-13-27(14-16-28)21-12-11-20(23(25)29)17-18(21)3/h6-12,17,22H,4-5,13-16H2,1-3H3,(H2,25,29). The number of aryl methyl sites for hydroxylation is 1. The molecule has 3 rings (SSSR count). The maximum atomic E-state index is 13.3. The molecule has 6 nitrogen and oxygen atoms in total. The molecule has 1 heterocycles. The molecule has 1 atom stereocenters. The van der Waals surface area contributed by atoms with Crippen molar-refractivity contribution in [2.45, 2.75) is 26.8 Å². The van der Waals surface area contributed by atoms with E-state index in [1.54, 1.807) is 6.07 Å². The summed E-state index contributed by atoms with van der Waals surface area (Å²) in [6.07, 6.45) is 0. The number of piperazine rings is 1. The Morgan fingerprint density at radius 2 is 1.63 bits per heavy atom. The van der Waals surface area contributed by atoms with Crippen LogP contribution in [0.5, 0.6) is 0 Å². The van der Waals surface area contributed by atoms with Crippen LogP contribution in [-0.4, -0.2) is 60.9 Å². The van der Waals surface area contributed by atoms with E-state index in [9.17, 15) is 9.59 Å². The van der Waals surface area contributed by atoms with Gasteiger partial charge in [0.25, 0.3) is 0 Å². The number of amides is 2. The molecule has 0 spiro atoms. The lowest BCUT2D eigenvalue weighted by Gasteiger charge is -2.41. The van der Waals surface area contributed by atoms with Gasteiger partial charge in [-0.2, -0.15) is 0 Å². The van der Waals surface area contributed by atoms with Crippen LogP contribution in [0.3, 0.4) is 0 Å². The molecule has 30 heavy (non-hydrogen) atoms. The van der Waals surface area contributed by atoms with E-state index in [0.29, 0.717) is 18.7 Å². The average Bonchev–Trinajstić information content (AvgIpc) is 2.76. The van der Waals surface area contributed by atoms with Crippen LogP contribution in [0.15, 0.2) is 48.5 Å². The lowest BCUT2D eigenvalue weighted by molar-refractivity contribution is -0.137. The fourth-order valence-corrected chi connectivity index (χ4v) is 4.24. The van der Waals surface area contributed by atoms with Crippen LogP contribution in [0.4, 0.5) is 5.69 Å². The van der Waals surface area contributed by atoms with Gasteiger partial charge in [0.05, 0.1) is 0 Å². The summed E-state index contributed by atoms with van der Waals surface area (Å²) >= 11 is 0. The highest BCUT2D eigenvalue weighted by atomic mass is 16.2.